The largest absolute Gasteiger partial charge is 0.492 e. The van der Waals surface area contributed by atoms with Crippen molar-refractivity contribution in [2.24, 2.45) is 4.99 Å². The van der Waals surface area contributed by atoms with Crippen LogP contribution in [0.25, 0.3) is 0 Å². The van der Waals surface area contributed by atoms with Gasteiger partial charge in [-0.3, -0.25) is 4.99 Å². The van der Waals surface area contributed by atoms with Crippen molar-refractivity contribution in [3.8, 4) is 5.75 Å². The van der Waals surface area contributed by atoms with Crippen molar-refractivity contribution in [3.63, 3.8) is 0 Å². The number of benzene rings is 1. The quantitative estimate of drug-likeness (QED) is 0.396. The van der Waals surface area contributed by atoms with E-state index in [9.17, 15) is 0 Å². The summed E-state index contributed by atoms with van der Waals surface area (Å²) >= 11 is 0. The maximum absolute atomic E-state index is 5.66. The molecule has 0 bridgehead atoms. The van der Waals surface area contributed by atoms with Gasteiger partial charge >= 0.3 is 0 Å². The van der Waals surface area contributed by atoms with Crippen molar-refractivity contribution in [1.29, 1.82) is 0 Å². The summed E-state index contributed by atoms with van der Waals surface area (Å²) in [7, 11) is 1.76. The van der Waals surface area contributed by atoms with Crippen LogP contribution in [0.15, 0.2) is 29.3 Å². The fourth-order valence-corrected chi connectivity index (χ4v) is 1.78. The molecule has 0 heterocycles. The number of ether oxygens (including phenoxy) is 2. The summed E-state index contributed by atoms with van der Waals surface area (Å²) in [5.74, 6) is 1.66. The van der Waals surface area contributed by atoms with Crippen LogP contribution in [0.3, 0.4) is 0 Å². The summed E-state index contributed by atoms with van der Waals surface area (Å²) in [5.41, 5.74) is 1.23. The highest BCUT2D eigenvalue weighted by molar-refractivity contribution is 5.79. The lowest BCUT2D eigenvalue weighted by Gasteiger charge is -2.12. The van der Waals surface area contributed by atoms with Gasteiger partial charge in [-0.1, -0.05) is 31.0 Å². The van der Waals surface area contributed by atoms with E-state index in [0.29, 0.717) is 19.8 Å². The monoisotopic (exact) mass is 307 g/mol. The Morgan fingerprint density at radius 2 is 1.73 bits per heavy atom. The minimum Gasteiger partial charge on any atom is -0.492 e. The molecule has 1 aromatic carbocycles. The summed E-state index contributed by atoms with van der Waals surface area (Å²) in [6.07, 6.45) is 2.28. The van der Waals surface area contributed by atoms with Gasteiger partial charge in [0.25, 0.3) is 0 Å². The van der Waals surface area contributed by atoms with E-state index in [1.54, 1.807) is 7.05 Å². The highest BCUT2D eigenvalue weighted by Gasteiger charge is 1.97. The summed E-state index contributed by atoms with van der Waals surface area (Å²) in [6, 6.07) is 8.05. The Hall–Kier alpha value is -1.75. The first-order chi connectivity index (χ1) is 10.8. The molecule has 0 unspecified atom stereocenters. The number of rotatable bonds is 10. The third-order valence-corrected chi connectivity index (χ3v) is 3.09. The Labute approximate surface area is 134 Å². The molecule has 2 N–H and O–H groups in total. The molecular formula is C17H29N3O2. The highest BCUT2D eigenvalue weighted by Crippen LogP contribution is 2.10. The molecular weight excluding hydrogens is 278 g/mol. The molecule has 0 spiro atoms. The molecule has 0 saturated heterocycles. The minimum atomic E-state index is 0.594. The van der Waals surface area contributed by atoms with Gasteiger partial charge in [-0.2, -0.15) is 0 Å². The Kier molecular flexibility index (Phi) is 9.87. The number of aliphatic imine (C=N–C) groups is 1. The molecule has 124 valence electrons. The first kappa shape index (κ1) is 18.3. The van der Waals surface area contributed by atoms with Gasteiger partial charge in [0.1, 0.15) is 12.4 Å². The molecule has 1 aromatic rings. The maximum Gasteiger partial charge on any atom is 0.191 e. The molecule has 22 heavy (non-hydrogen) atoms. The Morgan fingerprint density at radius 3 is 2.36 bits per heavy atom. The molecule has 0 aliphatic rings. The van der Waals surface area contributed by atoms with Crippen LogP contribution in [0.1, 0.15) is 25.3 Å². The summed E-state index contributed by atoms with van der Waals surface area (Å²) < 4.78 is 11.1. The first-order valence-electron chi connectivity index (χ1n) is 7.98. The van der Waals surface area contributed by atoms with Gasteiger partial charge < -0.3 is 20.1 Å². The van der Waals surface area contributed by atoms with Gasteiger partial charge in [0.15, 0.2) is 5.96 Å². The average molecular weight is 307 g/mol. The molecule has 0 aliphatic heterocycles. The van der Waals surface area contributed by atoms with E-state index < -0.39 is 0 Å². The molecule has 0 fully saturated rings. The van der Waals surface area contributed by atoms with Crippen LogP contribution in [-0.2, 0) is 4.74 Å². The second kappa shape index (κ2) is 11.9. The van der Waals surface area contributed by atoms with Crippen molar-refractivity contribution in [2.75, 3.05) is 40.0 Å². The normalized spacial score (nSPS) is 11.3. The zero-order valence-corrected chi connectivity index (χ0v) is 14.0. The zero-order valence-electron chi connectivity index (χ0n) is 14.0. The van der Waals surface area contributed by atoms with Crippen LogP contribution in [0, 0.1) is 6.92 Å². The zero-order chi connectivity index (χ0) is 16.0. The molecule has 0 radical (unpaired) electrons. The van der Waals surface area contributed by atoms with Crippen molar-refractivity contribution >= 4 is 5.96 Å². The molecule has 0 amide bonds. The number of unbranched alkanes of at least 4 members (excludes halogenated alkanes) is 1. The predicted octanol–water partition coefficient (Wildman–Crippen LogP) is 2.36. The molecule has 0 aliphatic carbocycles. The van der Waals surface area contributed by atoms with E-state index in [4.69, 9.17) is 9.47 Å². The predicted molar refractivity (Wildman–Crippen MR) is 91.8 cm³/mol. The fraction of sp³-hybridized carbons (Fsp3) is 0.588. The number of hydrogen-bond donors (Lipinski definition) is 2. The lowest BCUT2D eigenvalue weighted by Crippen LogP contribution is -2.40. The third-order valence-electron chi connectivity index (χ3n) is 3.09. The molecule has 0 aromatic heterocycles. The van der Waals surface area contributed by atoms with Gasteiger partial charge in [-0.05, 0) is 25.5 Å². The molecule has 1 rings (SSSR count). The first-order valence-corrected chi connectivity index (χ1v) is 7.98. The minimum absolute atomic E-state index is 0.594. The Bertz CT molecular complexity index is 418. The van der Waals surface area contributed by atoms with Crippen molar-refractivity contribution in [3.05, 3.63) is 29.8 Å². The van der Waals surface area contributed by atoms with Crippen molar-refractivity contribution in [1.82, 2.24) is 10.6 Å². The van der Waals surface area contributed by atoms with Gasteiger partial charge in [-0.15, -0.1) is 0 Å². The van der Waals surface area contributed by atoms with Gasteiger partial charge in [0.05, 0.1) is 13.2 Å². The van der Waals surface area contributed by atoms with Crippen LogP contribution < -0.4 is 15.4 Å². The standard InChI is InChI=1S/C17H29N3O2/c1-4-5-12-21-13-10-19-17(18-3)20-11-14-22-16-8-6-15(2)7-9-16/h6-9H,4-5,10-14H2,1-3H3,(H2,18,19,20). The molecule has 5 nitrogen and oxygen atoms in total. The average Bonchev–Trinajstić information content (AvgIpc) is 2.54. The van der Waals surface area contributed by atoms with Crippen LogP contribution in [-0.4, -0.2) is 45.9 Å². The van der Waals surface area contributed by atoms with E-state index in [1.165, 1.54) is 5.56 Å². The highest BCUT2D eigenvalue weighted by atomic mass is 16.5. The van der Waals surface area contributed by atoms with E-state index in [2.05, 4.69) is 29.5 Å². The lowest BCUT2D eigenvalue weighted by molar-refractivity contribution is 0.136. The van der Waals surface area contributed by atoms with E-state index in [1.807, 2.05) is 24.3 Å². The fourth-order valence-electron chi connectivity index (χ4n) is 1.78. The molecule has 0 atom stereocenters. The number of hydrogen-bond acceptors (Lipinski definition) is 3. The van der Waals surface area contributed by atoms with Crippen LogP contribution in [0.5, 0.6) is 5.75 Å². The van der Waals surface area contributed by atoms with E-state index in [0.717, 1.165) is 37.7 Å². The van der Waals surface area contributed by atoms with Gasteiger partial charge in [-0.25, -0.2) is 0 Å². The number of nitrogens with one attached hydrogen (secondary N) is 2. The van der Waals surface area contributed by atoms with Crippen LogP contribution >= 0.6 is 0 Å². The molecule has 0 saturated carbocycles. The van der Waals surface area contributed by atoms with E-state index >= 15 is 0 Å². The number of nitrogens with zero attached hydrogens (tertiary/aromatic N) is 1. The van der Waals surface area contributed by atoms with Crippen molar-refractivity contribution in [2.45, 2.75) is 26.7 Å². The smallest absolute Gasteiger partial charge is 0.191 e. The summed E-state index contributed by atoms with van der Waals surface area (Å²) in [6.45, 7) is 7.79. The second-order valence-corrected chi connectivity index (χ2v) is 5.05. The van der Waals surface area contributed by atoms with Crippen LogP contribution in [0.2, 0.25) is 0 Å². The molecule has 5 heteroatoms. The topological polar surface area (TPSA) is 54.9 Å². The third kappa shape index (κ3) is 8.52. The lowest BCUT2D eigenvalue weighted by atomic mass is 10.2. The number of aryl methyl sites for hydroxylation is 1. The Balaban J connectivity index is 2.07. The van der Waals surface area contributed by atoms with Gasteiger partial charge in [0, 0.05) is 20.2 Å². The SMILES string of the molecule is CCCCOCCNC(=NC)NCCOc1ccc(C)cc1. The van der Waals surface area contributed by atoms with Crippen molar-refractivity contribution < 1.29 is 9.47 Å². The van der Waals surface area contributed by atoms with E-state index in [-0.39, 0.29) is 0 Å². The summed E-state index contributed by atoms with van der Waals surface area (Å²) in [5, 5.41) is 6.42. The number of guanidine groups is 1. The van der Waals surface area contributed by atoms with Gasteiger partial charge in [0.2, 0.25) is 0 Å². The van der Waals surface area contributed by atoms with Crippen LogP contribution in [0.4, 0.5) is 0 Å². The Morgan fingerprint density at radius 1 is 1.05 bits per heavy atom. The maximum atomic E-state index is 5.66. The summed E-state index contributed by atoms with van der Waals surface area (Å²) in [4.78, 5) is 4.16. The second-order valence-electron chi connectivity index (χ2n) is 5.05.